The van der Waals surface area contributed by atoms with Crippen molar-refractivity contribution in [3.05, 3.63) is 0 Å². The number of aliphatic hydroxyl groups excluding tert-OH is 1. The minimum atomic E-state index is -2.29. The maximum absolute atomic E-state index is 8.85. The maximum atomic E-state index is 8.85. The van der Waals surface area contributed by atoms with Gasteiger partial charge in [-0.1, -0.05) is 0 Å². The highest BCUT2D eigenvalue weighted by molar-refractivity contribution is 7.39. The van der Waals surface area contributed by atoms with E-state index in [2.05, 4.69) is 0 Å². The smallest absolute Gasteiger partial charge is 0.327 e. The molecule has 0 aromatic heterocycles. The average molecular weight is 224 g/mol. The van der Waals surface area contributed by atoms with Gasteiger partial charge in [-0.25, -0.2) is 0 Å². The third kappa shape index (κ3) is 7.68. The van der Waals surface area contributed by atoms with Gasteiger partial charge < -0.3 is 24.2 Å². The molecule has 0 heterocycles. The van der Waals surface area contributed by atoms with Crippen LogP contribution in [0.5, 0.6) is 0 Å². The van der Waals surface area contributed by atoms with Gasteiger partial charge in [-0.15, -0.1) is 0 Å². The van der Waals surface area contributed by atoms with E-state index in [4.69, 9.17) is 24.2 Å². The number of hydrogen-bond acceptors (Lipinski definition) is 5. The predicted octanol–water partition coefficient (Wildman–Crippen LogP) is -0.719. The molecule has 0 bridgehead atoms. The summed E-state index contributed by atoms with van der Waals surface area (Å²) in [6, 6.07) is 0. The van der Waals surface area contributed by atoms with E-state index < -0.39 is 8.60 Å². The summed E-state index contributed by atoms with van der Waals surface area (Å²) in [6.07, 6.45) is 0.744. The largest absolute Gasteiger partial charge is 0.397 e. The van der Waals surface area contributed by atoms with Crippen molar-refractivity contribution in [3.63, 3.8) is 0 Å². The first-order chi connectivity index (χ1) is 6.60. The first-order valence-electron chi connectivity index (χ1n) is 4.50. The van der Waals surface area contributed by atoms with Crippen molar-refractivity contribution in [1.29, 1.82) is 0 Å². The van der Waals surface area contributed by atoms with Gasteiger partial charge in [0.15, 0.2) is 0 Å². The van der Waals surface area contributed by atoms with Gasteiger partial charge in [0.05, 0.1) is 13.2 Å². The van der Waals surface area contributed by atoms with Crippen molar-refractivity contribution < 1.29 is 24.2 Å². The van der Waals surface area contributed by atoms with Crippen molar-refractivity contribution in [1.82, 2.24) is 0 Å². The molecule has 0 amide bonds. The van der Waals surface area contributed by atoms with Crippen LogP contribution in [-0.4, -0.2) is 49.7 Å². The molecule has 0 aliphatic carbocycles. The third-order valence-corrected chi connectivity index (χ3v) is 2.26. The first kappa shape index (κ1) is 14.3. The van der Waals surface area contributed by atoms with Gasteiger partial charge in [0.25, 0.3) is 0 Å². The van der Waals surface area contributed by atoms with E-state index in [9.17, 15) is 0 Å². The summed E-state index contributed by atoms with van der Waals surface area (Å²) in [7, 11) is 1.21. The Morgan fingerprint density at radius 2 is 2.00 bits per heavy atom. The van der Waals surface area contributed by atoms with Gasteiger partial charge in [-0.05, 0) is 12.2 Å². The summed E-state index contributed by atoms with van der Waals surface area (Å²) in [5, 5.41) is 8.85. The molecule has 2 atom stereocenters. The summed E-state index contributed by atoms with van der Waals surface area (Å²) in [6.45, 7) is 0.859. The highest BCUT2D eigenvalue weighted by Crippen LogP contribution is 2.27. The second kappa shape index (κ2) is 8.59. The fraction of sp³-hybridized carbons (Fsp3) is 1.00. The molecule has 0 aromatic carbocycles. The number of ether oxygens (including phenoxy) is 1. The Hall–Kier alpha value is 0.295. The summed E-state index contributed by atoms with van der Waals surface area (Å²) in [5.74, 6) is 0.258. The molecule has 14 heavy (non-hydrogen) atoms. The monoisotopic (exact) mass is 224 g/mol. The van der Waals surface area contributed by atoms with Crippen molar-refractivity contribution >= 4 is 16.4 Å². The Morgan fingerprint density at radius 3 is 2.43 bits per heavy atom. The molecule has 0 radical (unpaired) electrons. The molecule has 0 fully saturated rings. The van der Waals surface area contributed by atoms with Gasteiger partial charge >= 0.3 is 8.60 Å². The zero-order chi connectivity index (χ0) is 11.0. The molecule has 0 aliphatic rings. The molecule has 0 aliphatic heterocycles. The van der Waals surface area contributed by atoms with E-state index in [1.165, 1.54) is 0 Å². The van der Waals surface area contributed by atoms with Crippen LogP contribution in [0.1, 0.15) is 6.42 Å². The Balaban J connectivity index is 3.76. The minimum Gasteiger partial charge on any atom is -0.397 e. The van der Waals surface area contributed by atoms with Crippen LogP contribution in [0.2, 0.25) is 5.82 Å². The normalized spacial score (nSPS) is 15.8. The standard InChI is InChI=1S/C7H18BO5P/c1-12-4-6(2-7(8)3-9)5-13-14(10)11/h6-7,9-11H,2-5,8H2,1H3. The fourth-order valence-corrected chi connectivity index (χ4v) is 1.58. The highest BCUT2D eigenvalue weighted by atomic mass is 31.2. The Morgan fingerprint density at radius 1 is 1.36 bits per heavy atom. The molecular weight excluding hydrogens is 206 g/mol. The van der Waals surface area contributed by atoms with Gasteiger partial charge in [-0.3, -0.25) is 0 Å². The second-order valence-electron chi connectivity index (χ2n) is 3.39. The summed E-state index contributed by atoms with van der Waals surface area (Å²) >= 11 is 0. The lowest BCUT2D eigenvalue weighted by molar-refractivity contribution is 0.103. The first-order valence-corrected chi connectivity index (χ1v) is 5.67. The summed E-state index contributed by atoms with van der Waals surface area (Å²) in [4.78, 5) is 17.1. The molecule has 7 heteroatoms. The Labute approximate surface area is 86.5 Å². The average Bonchev–Trinajstić information content (AvgIpc) is 2.14. The molecule has 0 rings (SSSR count). The molecule has 2 unspecified atom stereocenters. The van der Waals surface area contributed by atoms with Crippen LogP contribution in [0.3, 0.4) is 0 Å². The highest BCUT2D eigenvalue weighted by Gasteiger charge is 2.14. The lowest BCUT2D eigenvalue weighted by Gasteiger charge is -2.19. The molecule has 0 spiro atoms. The number of aliphatic hydroxyl groups is 1. The lowest BCUT2D eigenvalue weighted by Crippen LogP contribution is -2.17. The van der Waals surface area contributed by atoms with E-state index in [1.54, 1.807) is 7.11 Å². The van der Waals surface area contributed by atoms with E-state index in [1.807, 2.05) is 7.85 Å². The van der Waals surface area contributed by atoms with E-state index >= 15 is 0 Å². The Kier molecular flexibility index (Phi) is 8.77. The van der Waals surface area contributed by atoms with Crippen LogP contribution in [-0.2, 0) is 9.26 Å². The zero-order valence-corrected chi connectivity index (χ0v) is 9.48. The van der Waals surface area contributed by atoms with Crippen LogP contribution in [0, 0.1) is 5.92 Å². The van der Waals surface area contributed by atoms with E-state index in [0.29, 0.717) is 6.61 Å². The van der Waals surface area contributed by atoms with Gasteiger partial charge in [0.1, 0.15) is 7.85 Å². The van der Waals surface area contributed by atoms with Gasteiger partial charge in [0, 0.05) is 19.6 Å². The molecule has 84 valence electrons. The van der Waals surface area contributed by atoms with E-state index in [0.717, 1.165) is 6.42 Å². The van der Waals surface area contributed by atoms with Crippen LogP contribution in [0.25, 0.3) is 0 Å². The summed E-state index contributed by atoms with van der Waals surface area (Å²) < 4.78 is 9.68. The lowest BCUT2D eigenvalue weighted by atomic mass is 9.81. The van der Waals surface area contributed by atoms with Crippen LogP contribution in [0.4, 0.5) is 0 Å². The topological polar surface area (TPSA) is 79.2 Å². The number of methoxy groups -OCH3 is 1. The molecule has 3 N–H and O–H groups in total. The van der Waals surface area contributed by atoms with Crippen LogP contribution < -0.4 is 0 Å². The molecule has 5 nitrogen and oxygen atoms in total. The maximum Gasteiger partial charge on any atom is 0.327 e. The van der Waals surface area contributed by atoms with Crippen LogP contribution in [0.15, 0.2) is 0 Å². The van der Waals surface area contributed by atoms with Crippen molar-refractivity contribution in [2.75, 3.05) is 26.9 Å². The van der Waals surface area contributed by atoms with Gasteiger partial charge in [0.2, 0.25) is 0 Å². The SMILES string of the molecule is BC(CO)CC(COC)COP(O)O. The number of hydrogen-bond donors (Lipinski definition) is 3. The fourth-order valence-electron chi connectivity index (χ4n) is 1.24. The number of rotatable bonds is 8. The van der Waals surface area contributed by atoms with Crippen molar-refractivity contribution in [2.45, 2.75) is 12.2 Å². The van der Waals surface area contributed by atoms with Crippen LogP contribution >= 0.6 is 8.60 Å². The molecular formula is C7H18BO5P. The third-order valence-electron chi connectivity index (χ3n) is 1.88. The van der Waals surface area contributed by atoms with Gasteiger partial charge in [-0.2, -0.15) is 0 Å². The predicted molar refractivity (Wildman–Crippen MR) is 56.7 cm³/mol. The zero-order valence-electron chi connectivity index (χ0n) is 8.59. The quantitative estimate of drug-likeness (QED) is 0.374. The minimum absolute atomic E-state index is 0.0893. The molecule has 0 aromatic rings. The van der Waals surface area contributed by atoms with Crippen molar-refractivity contribution in [2.24, 2.45) is 5.92 Å². The molecule has 0 saturated heterocycles. The van der Waals surface area contributed by atoms with Crippen molar-refractivity contribution in [3.8, 4) is 0 Å². The second-order valence-corrected chi connectivity index (χ2v) is 4.16. The molecule has 0 saturated carbocycles. The van der Waals surface area contributed by atoms with E-state index in [-0.39, 0.29) is 24.9 Å². The Bertz CT molecular complexity index is 137. The summed E-state index contributed by atoms with van der Waals surface area (Å²) in [5.41, 5.74) is 0.